The molecular weight excluding hydrogens is 148 g/mol. The van der Waals surface area contributed by atoms with Gasteiger partial charge in [-0.15, -0.1) is 0 Å². The fraction of sp³-hybridized carbons (Fsp3) is 0.200. The highest BCUT2D eigenvalue weighted by molar-refractivity contribution is 6.38. The van der Waals surface area contributed by atoms with Crippen LogP contribution in [-0.4, -0.2) is 11.9 Å². The minimum atomic E-state index is 0.771. The van der Waals surface area contributed by atoms with Crippen molar-refractivity contribution in [2.24, 2.45) is 9.98 Å². The third kappa shape index (κ3) is 4.39. The first-order chi connectivity index (χ1) is 5.72. The number of aliphatic imine (C=N–C) groups is 2. The zero-order chi connectivity index (χ0) is 9.40. The minimum Gasteiger partial charge on any atom is -0.263 e. The molecule has 0 rings (SSSR count). The quantitative estimate of drug-likeness (QED) is 0.568. The molecule has 0 amide bonds. The topological polar surface area (TPSA) is 24.7 Å². The Morgan fingerprint density at radius 3 is 2.50 bits per heavy atom. The third-order valence-corrected chi connectivity index (χ3v) is 1.10. The Labute approximate surface area is 73.7 Å². The Bertz CT molecular complexity index is 245. The monoisotopic (exact) mass is 162 g/mol. The van der Waals surface area contributed by atoms with E-state index in [1.54, 1.807) is 12.4 Å². The largest absolute Gasteiger partial charge is 0.263 e. The lowest BCUT2D eigenvalue weighted by atomic mass is 10.2. The maximum atomic E-state index is 4.12. The molecule has 0 bridgehead atoms. The van der Waals surface area contributed by atoms with E-state index in [1.807, 2.05) is 19.9 Å². The van der Waals surface area contributed by atoms with E-state index in [9.17, 15) is 0 Å². The molecule has 0 aromatic carbocycles. The first-order valence-corrected chi connectivity index (χ1v) is 3.71. The lowest BCUT2D eigenvalue weighted by molar-refractivity contribution is 1.49. The highest BCUT2D eigenvalue weighted by atomic mass is 14.7. The van der Waals surface area contributed by atoms with Crippen LogP contribution in [0.4, 0.5) is 0 Å². The molecule has 0 aromatic heterocycles. The minimum absolute atomic E-state index is 0.771. The second-order valence-electron chi connectivity index (χ2n) is 2.24. The fourth-order valence-corrected chi connectivity index (χ4v) is 0.532. The van der Waals surface area contributed by atoms with Gasteiger partial charge in [-0.2, -0.15) is 0 Å². The fourth-order valence-electron chi connectivity index (χ4n) is 0.532. The van der Waals surface area contributed by atoms with Crippen LogP contribution in [0, 0.1) is 0 Å². The van der Waals surface area contributed by atoms with Crippen molar-refractivity contribution in [3.63, 3.8) is 0 Å². The van der Waals surface area contributed by atoms with Crippen molar-refractivity contribution in [1.29, 1.82) is 0 Å². The molecule has 0 aliphatic heterocycles. The van der Waals surface area contributed by atoms with Crippen molar-refractivity contribution in [2.45, 2.75) is 13.8 Å². The maximum absolute atomic E-state index is 4.12. The summed E-state index contributed by atoms with van der Waals surface area (Å²) in [6.07, 6.45) is 6.66. The Kier molecular flexibility index (Phi) is 5.53. The highest BCUT2D eigenvalue weighted by Crippen LogP contribution is 1.92. The van der Waals surface area contributed by atoms with Gasteiger partial charge in [0.15, 0.2) is 0 Å². The SMILES string of the molecule is C=CN=CC(=N/C=C\C)C(=C)C. The van der Waals surface area contributed by atoms with E-state index in [4.69, 9.17) is 0 Å². The zero-order valence-corrected chi connectivity index (χ0v) is 7.62. The number of hydrogen-bond acceptors (Lipinski definition) is 2. The van der Waals surface area contributed by atoms with Crippen molar-refractivity contribution in [3.8, 4) is 0 Å². The lowest BCUT2D eigenvalue weighted by Gasteiger charge is -1.94. The molecule has 2 heteroatoms. The Hall–Kier alpha value is -1.44. The molecule has 0 aromatic rings. The van der Waals surface area contributed by atoms with Crippen LogP contribution >= 0.6 is 0 Å². The normalized spacial score (nSPS) is 12.7. The van der Waals surface area contributed by atoms with Crippen molar-refractivity contribution in [2.75, 3.05) is 0 Å². The molecule has 64 valence electrons. The number of hydrogen-bond donors (Lipinski definition) is 0. The van der Waals surface area contributed by atoms with E-state index >= 15 is 0 Å². The average molecular weight is 162 g/mol. The molecule has 0 aliphatic carbocycles. The van der Waals surface area contributed by atoms with E-state index in [-0.39, 0.29) is 0 Å². The van der Waals surface area contributed by atoms with Gasteiger partial charge in [0.05, 0.1) is 11.9 Å². The second kappa shape index (κ2) is 6.28. The summed E-state index contributed by atoms with van der Waals surface area (Å²) in [7, 11) is 0. The van der Waals surface area contributed by atoms with Gasteiger partial charge >= 0.3 is 0 Å². The van der Waals surface area contributed by atoms with E-state index in [2.05, 4.69) is 23.1 Å². The highest BCUT2D eigenvalue weighted by Gasteiger charge is 1.92. The Balaban J connectivity index is 4.54. The average Bonchev–Trinajstić information content (AvgIpc) is 2.04. The van der Waals surface area contributed by atoms with Crippen molar-refractivity contribution in [3.05, 3.63) is 37.2 Å². The van der Waals surface area contributed by atoms with Crippen LogP contribution in [0.25, 0.3) is 0 Å². The molecule has 0 unspecified atom stereocenters. The Morgan fingerprint density at radius 2 is 2.08 bits per heavy atom. The predicted molar refractivity (Wildman–Crippen MR) is 55.8 cm³/mol. The molecule has 0 atom stereocenters. The predicted octanol–water partition coefficient (Wildman–Crippen LogP) is 2.75. The number of rotatable bonds is 4. The standard InChI is InChI=1S/C10H14N2/c1-5-7-12-10(9(3)4)8-11-6-2/h5-8H,2-3H2,1,4H3/b7-5-,11-8?,12-10?. The molecule has 0 N–H and O–H groups in total. The Morgan fingerprint density at radius 1 is 1.42 bits per heavy atom. The molecule has 0 fully saturated rings. The summed E-state index contributed by atoms with van der Waals surface area (Å²) in [5, 5.41) is 0. The van der Waals surface area contributed by atoms with Gasteiger partial charge in [0.2, 0.25) is 0 Å². The van der Waals surface area contributed by atoms with Crippen molar-refractivity contribution < 1.29 is 0 Å². The van der Waals surface area contributed by atoms with Crippen molar-refractivity contribution >= 4 is 11.9 Å². The molecule has 0 aliphatic rings. The molecule has 12 heavy (non-hydrogen) atoms. The van der Waals surface area contributed by atoms with Gasteiger partial charge in [0.1, 0.15) is 0 Å². The molecule has 2 nitrogen and oxygen atoms in total. The van der Waals surface area contributed by atoms with Crippen LogP contribution in [0.2, 0.25) is 0 Å². The van der Waals surface area contributed by atoms with Crippen molar-refractivity contribution in [1.82, 2.24) is 0 Å². The second-order valence-corrected chi connectivity index (χ2v) is 2.24. The van der Waals surface area contributed by atoms with Crippen LogP contribution in [0.15, 0.2) is 47.2 Å². The smallest absolute Gasteiger partial charge is 0.0835 e. The summed E-state index contributed by atoms with van der Waals surface area (Å²) in [5.41, 5.74) is 1.66. The summed E-state index contributed by atoms with van der Waals surface area (Å²) in [5.74, 6) is 0. The van der Waals surface area contributed by atoms with E-state index in [0.717, 1.165) is 11.3 Å². The lowest BCUT2D eigenvalue weighted by Crippen LogP contribution is -1.99. The molecule has 0 spiro atoms. The van der Waals surface area contributed by atoms with E-state index in [1.165, 1.54) is 6.20 Å². The summed E-state index contributed by atoms with van der Waals surface area (Å²) in [6, 6.07) is 0. The number of nitrogens with zero attached hydrogens (tertiary/aromatic N) is 2. The molecule has 0 saturated carbocycles. The zero-order valence-electron chi connectivity index (χ0n) is 7.62. The summed E-state index contributed by atoms with van der Waals surface area (Å²) in [4.78, 5) is 7.98. The van der Waals surface area contributed by atoms with Gasteiger partial charge < -0.3 is 0 Å². The maximum Gasteiger partial charge on any atom is 0.0835 e. The summed E-state index contributed by atoms with van der Waals surface area (Å²) in [6.45, 7) is 11.0. The van der Waals surface area contributed by atoms with Gasteiger partial charge in [0.25, 0.3) is 0 Å². The van der Waals surface area contributed by atoms with E-state index in [0.29, 0.717) is 0 Å². The van der Waals surface area contributed by atoms with Crippen LogP contribution in [-0.2, 0) is 0 Å². The van der Waals surface area contributed by atoms with Crippen LogP contribution < -0.4 is 0 Å². The summed E-state index contributed by atoms with van der Waals surface area (Å²) < 4.78 is 0. The van der Waals surface area contributed by atoms with Crippen LogP contribution in [0.1, 0.15) is 13.8 Å². The molecule has 0 heterocycles. The van der Waals surface area contributed by atoms with Gasteiger partial charge in [0, 0.05) is 12.4 Å². The van der Waals surface area contributed by atoms with E-state index < -0.39 is 0 Å². The van der Waals surface area contributed by atoms with Gasteiger partial charge in [-0.05, 0) is 19.4 Å². The molecule has 0 saturated heterocycles. The van der Waals surface area contributed by atoms with Crippen LogP contribution in [0.3, 0.4) is 0 Å². The number of allylic oxidation sites excluding steroid dienone is 2. The summed E-state index contributed by atoms with van der Waals surface area (Å²) >= 11 is 0. The van der Waals surface area contributed by atoms with Crippen LogP contribution in [0.5, 0.6) is 0 Å². The molecular formula is C10H14N2. The molecule has 0 radical (unpaired) electrons. The van der Waals surface area contributed by atoms with Gasteiger partial charge in [-0.1, -0.05) is 19.2 Å². The third-order valence-electron chi connectivity index (χ3n) is 1.10. The first kappa shape index (κ1) is 10.6. The first-order valence-electron chi connectivity index (χ1n) is 3.71. The van der Waals surface area contributed by atoms with Gasteiger partial charge in [-0.25, -0.2) is 0 Å². The van der Waals surface area contributed by atoms with Gasteiger partial charge in [-0.3, -0.25) is 9.98 Å².